The molecular formula is C22H25BrN2O3. The summed E-state index contributed by atoms with van der Waals surface area (Å²) in [6.07, 6.45) is 0.989. The molecule has 148 valence electrons. The van der Waals surface area contributed by atoms with Crippen molar-refractivity contribution in [2.45, 2.75) is 19.9 Å². The first kappa shape index (κ1) is 19.3. The molecule has 2 aromatic rings. The number of amides is 1. The number of piperazine rings is 1. The van der Waals surface area contributed by atoms with Gasteiger partial charge in [-0.3, -0.25) is 9.69 Å². The van der Waals surface area contributed by atoms with Gasteiger partial charge in [0.05, 0.1) is 0 Å². The Morgan fingerprint density at radius 1 is 1.00 bits per heavy atom. The molecule has 0 atom stereocenters. The second kappa shape index (κ2) is 8.53. The smallest absolute Gasteiger partial charge is 0.253 e. The molecule has 0 unspecified atom stereocenters. The molecule has 0 radical (unpaired) electrons. The Labute approximate surface area is 174 Å². The molecule has 2 aliphatic rings. The number of carbonyl (C=O) groups is 1. The van der Waals surface area contributed by atoms with Gasteiger partial charge in [-0.25, -0.2) is 0 Å². The second-order valence-corrected chi connectivity index (χ2v) is 8.06. The molecule has 0 aromatic heterocycles. The summed E-state index contributed by atoms with van der Waals surface area (Å²) in [5.74, 6) is 1.74. The van der Waals surface area contributed by atoms with Gasteiger partial charge in [0.15, 0.2) is 11.5 Å². The fourth-order valence-corrected chi connectivity index (χ4v) is 4.09. The van der Waals surface area contributed by atoms with Crippen LogP contribution in [0.3, 0.4) is 0 Å². The monoisotopic (exact) mass is 444 g/mol. The van der Waals surface area contributed by atoms with Crippen LogP contribution in [0.25, 0.3) is 0 Å². The summed E-state index contributed by atoms with van der Waals surface area (Å²) in [5, 5.41) is 0. The number of aryl methyl sites for hydroxylation is 1. The van der Waals surface area contributed by atoms with E-state index in [1.165, 1.54) is 11.1 Å². The number of hydrogen-bond donors (Lipinski definition) is 0. The minimum Gasteiger partial charge on any atom is -0.486 e. The number of benzene rings is 2. The zero-order valence-corrected chi connectivity index (χ0v) is 17.7. The molecule has 0 saturated carbocycles. The lowest BCUT2D eigenvalue weighted by molar-refractivity contribution is 0.0628. The van der Waals surface area contributed by atoms with Crippen LogP contribution < -0.4 is 9.47 Å². The molecule has 6 heteroatoms. The average molecular weight is 445 g/mol. The van der Waals surface area contributed by atoms with Gasteiger partial charge in [-0.15, -0.1) is 0 Å². The Balaban J connectivity index is 1.36. The summed E-state index contributed by atoms with van der Waals surface area (Å²) in [6.45, 7) is 7.34. The van der Waals surface area contributed by atoms with E-state index in [0.717, 1.165) is 60.7 Å². The molecule has 1 saturated heterocycles. The molecule has 2 aliphatic heterocycles. The normalized spacial score (nSPS) is 16.9. The third kappa shape index (κ3) is 4.18. The van der Waals surface area contributed by atoms with Crippen LogP contribution in [-0.2, 0) is 13.0 Å². The van der Waals surface area contributed by atoms with Crippen molar-refractivity contribution in [1.29, 1.82) is 0 Å². The van der Waals surface area contributed by atoms with Crippen LogP contribution in [0.5, 0.6) is 11.5 Å². The van der Waals surface area contributed by atoms with Crippen LogP contribution in [0.1, 0.15) is 28.4 Å². The molecule has 2 heterocycles. The van der Waals surface area contributed by atoms with E-state index in [1.54, 1.807) is 0 Å². The Morgan fingerprint density at radius 3 is 2.29 bits per heavy atom. The largest absolute Gasteiger partial charge is 0.486 e. The highest BCUT2D eigenvalue weighted by molar-refractivity contribution is 9.10. The van der Waals surface area contributed by atoms with E-state index in [-0.39, 0.29) is 5.91 Å². The van der Waals surface area contributed by atoms with Gasteiger partial charge in [-0.2, -0.15) is 0 Å². The van der Waals surface area contributed by atoms with Gasteiger partial charge in [0.2, 0.25) is 0 Å². The summed E-state index contributed by atoms with van der Waals surface area (Å²) < 4.78 is 12.4. The lowest BCUT2D eigenvalue weighted by Gasteiger charge is -2.35. The molecule has 1 amide bonds. The number of rotatable bonds is 4. The Hall–Kier alpha value is -2.05. The fraction of sp³-hybridized carbons (Fsp3) is 0.409. The molecule has 5 nitrogen and oxygen atoms in total. The summed E-state index contributed by atoms with van der Waals surface area (Å²) in [7, 11) is 0. The molecule has 2 aromatic carbocycles. The zero-order valence-electron chi connectivity index (χ0n) is 16.1. The van der Waals surface area contributed by atoms with Crippen LogP contribution in [0.15, 0.2) is 40.9 Å². The van der Waals surface area contributed by atoms with Gasteiger partial charge in [0, 0.05) is 42.8 Å². The predicted octanol–water partition coefficient (Wildman–Crippen LogP) is 3.74. The maximum atomic E-state index is 12.7. The molecule has 0 aliphatic carbocycles. The van der Waals surface area contributed by atoms with E-state index in [0.29, 0.717) is 13.2 Å². The fourth-order valence-electron chi connectivity index (χ4n) is 3.64. The average Bonchev–Trinajstić information content (AvgIpc) is 2.74. The number of carbonyl (C=O) groups excluding carboxylic acids is 1. The first-order chi connectivity index (χ1) is 13.6. The second-order valence-electron chi connectivity index (χ2n) is 7.21. The van der Waals surface area contributed by atoms with Crippen molar-refractivity contribution in [3.63, 3.8) is 0 Å². The highest BCUT2D eigenvalue weighted by Crippen LogP contribution is 2.36. The summed E-state index contributed by atoms with van der Waals surface area (Å²) in [5.41, 5.74) is 3.21. The number of hydrogen-bond acceptors (Lipinski definition) is 4. The van der Waals surface area contributed by atoms with Gasteiger partial charge >= 0.3 is 0 Å². The van der Waals surface area contributed by atoms with Gasteiger partial charge in [-0.05, 0) is 41.8 Å². The zero-order chi connectivity index (χ0) is 19.5. The highest BCUT2D eigenvalue weighted by Gasteiger charge is 2.23. The lowest BCUT2D eigenvalue weighted by atomic mass is 10.1. The van der Waals surface area contributed by atoms with Gasteiger partial charge in [0.25, 0.3) is 5.91 Å². The number of ether oxygens (including phenoxy) is 2. The first-order valence-electron chi connectivity index (χ1n) is 9.82. The van der Waals surface area contributed by atoms with Crippen LogP contribution >= 0.6 is 15.9 Å². The Morgan fingerprint density at radius 2 is 1.64 bits per heavy atom. The van der Waals surface area contributed by atoms with Crippen LogP contribution in [0, 0.1) is 0 Å². The summed E-state index contributed by atoms with van der Waals surface area (Å²) in [6, 6.07) is 12.0. The van der Waals surface area contributed by atoms with E-state index in [1.807, 2.05) is 35.2 Å². The third-order valence-electron chi connectivity index (χ3n) is 5.37. The van der Waals surface area contributed by atoms with E-state index >= 15 is 0 Å². The van der Waals surface area contributed by atoms with E-state index in [9.17, 15) is 4.79 Å². The molecule has 1 fully saturated rings. The van der Waals surface area contributed by atoms with Crippen molar-refractivity contribution in [3.8, 4) is 11.5 Å². The minimum absolute atomic E-state index is 0.128. The van der Waals surface area contributed by atoms with Crippen LogP contribution in [0.4, 0.5) is 0 Å². The van der Waals surface area contributed by atoms with E-state index < -0.39 is 0 Å². The molecule has 0 N–H and O–H groups in total. The number of halogens is 1. The quantitative estimate of drug-likeness (QED) is 0.719. The van der Waals surface area contributed by atoms with E-state index in [2.05, 4.69) is 33.8 Å². The molecule has 0 spiro atoms. The Kier molecular flexibility index (Phi) is 5.87. The van der Waals surface area contributed by atoms with Crippen molar-refractivity contribution >= 4 is 21.8 Å². The predicted molar refractivity (Wildman–Crippen MR) is 112 cm³/mol. The van der Waals surface area contributed by atoms with Crippen molar-refractivity contribution in [2.75, 3.05) is 39.4 Å². The van der Waals surface area contributed by atoms with Gasteiger partial charge in [0.1, 0.15) is 13.2 Å². The molecular weight excluding hydrogens is 420 g/mol. The van der Waals surface area contributed by atoms with Crippen LogP contribution in [0.2, 0.25) is 0 Å². The minimum atomic E-state index is 0.128. The van der Waals surface area contributed by atoms with Crippen molar-refractivity contribution in [3.05, 3.63) is 57.6 Å². The van der Waals surface area contributed by atoms with E-state index in [4.69, 9.17) is 9.47 Å². The van der Waals surface area contributed by atoms with Crippen LogP contribution in [-0.4, -0.2) is 55.1 Å². The standard InChI is InChI=1S/C22H25BrN2O3/c1-2-16-3-5-17(6-4-16)22(26)25-9-7-24(8-10-25)15-18-13-20-21(14-19(18)23)28-12-11-27-20/h3-6,13-14H,2,7-12,15H2,1H3. The topological polar surface area (TPSA) is 42.0 Å². The maximum absolute atomic E-state index is 12.7. The SMILES string of the molecule is CCc1ccc(C(=O)N2CCN(Cc3cc4c(cc3Br)OCCO4)CC2)cc1. The van der Waals surface area contributed by atoms with Crippen molar-refractivity contribution in [2.24, 2.45) is 0 Å². The molecule has 0 bridgehead atoms. The third-order valence-corrected chi connectivity index (χ3v) is 6.11. The first-order valence-corrected chi connectivity index (χ1v) is 10.6. The van der Waals surface area contributed by atoms with Crippen molar-refractivity contribution < 1.29 is 14.3 Å². The van der Waals surface area contributed by atoms with Gasteiger partial charge in [-0.1, -0.05) is 35.0 Å². The molecule has 28 heavy (non-hydrogen) atoms. The highest BCUT2D eigenvalue weighted by atomic mass is 79.9. The summed E-state index contributed by atoms with van der Waals surface area (Å²) >= 11 is 3.65. The summed E-state index contributed by atoms with van der Waals surface area (Å²) in [4.78, 5) is 17.1. The Bertz CT molecular complexity index is 846. The van der Waals surface area contributed by atoms with Gasteiger partial charge < -0.3 is 14.4 Å². The number of nitrogens with zero attached hydrogens (tertiary/aromatic N) is 2. The number of fused-ring (bicyclic) bond motifs is 1. The van der Waals surface area contributed by atoms with Crippen molar-refractivity contribution in [1.82, 2.24) is 9.80 Å². The molecule has 4 rings (SSSR count). The lowest BCUT2D eigenvalue weighted by Crippen LogP contribution is -2.48. The maximum Gasteiger partial charge on any atom is 0.253 e.